The smallest absolute Gasteiger partial charge is 0.123 e. The summed E-state index contributed by atoms with van der Waals surface area (Å²) in [6.45, 7) is 0. The summed E-state index contributed by atoms with van der Waals surface area (Å²) >= 11 is 0. The molecule has 2 aromatic rings. The Bertz CT molecular complexity index is 727. The highest BCUT2D eigenvalue weighted by Crippen LogP contribution is 2.25. The Morgan fingerprint density at radius 2 is 1.33 bits per heavy atom. The molecule has 0 radical (unpaired) electrons. The molecule has 0 unspecified atom stereocenters. The molecule has 1 N–H and O–H groups in total. The lowest BCUT2D eigenvalue weighted by Gasteiger charge is -1.99. The molecule has 0 spiro atoms. The lowest BCUT2D eigenvalue weighted by Crippen LogP contribution is -1.80. The Kier molecular flexibility index (Phi) is 4.02. The maximum absolute atomic E-state index is 9.37. The Balaban J connectivity index is 0.000000126. The highest BCUT2D eigenvalue weighted by atomic mass is 16.3. The van der Waals surface area contributed by atoms with E-state index >= 15 is 0 Å². The second-order valence-electron chi connectivity index (χ2n) is 5.15. The Morgan fingerprint density at radius 1 is 0.714 bits per heavy atom. The number of rotatable bonds is 1. The molecule has 2 aliphatic carbocycles. The maximum atomic E-state index is 9.37. The van der Waals surface area contributed by atoms with Gasteiger partial charge in [-0.15, -0.1) is 0 Å². The molecule has 0 saturated heterocycles. The van der Waals surface area contributed by atoms with Crippen molar-refractivity contribution in [2.45, 2.75) is 12.8 Å². The summed E-state index contributed by atoms with van der Waals surface area (Å²) in [5, 5.41) is 11.4. The first-order chi connectivity index (χ1) is 10.3. The molecule has 0 bridgehead atoms. The fourth-order valence-electron chi connectivity index (χ4n) is 2.58. The Hall–Kier alpha value is -2.54. The summed E-state index contributed by atoms with van der Waals surface area (Å²) in [5.41, 5.74) is 2.98. The van der Waals surface area contributed by atoms with E-state index in [0.29, 0.717) is 5.75 Å². The van der Waals surface area contributed by atoms with Crippen LogP contribution in [0.2, 0.25) is 0 Å². The lowest BCUT2D eigenvalue weighted by molar-refractivity contribution is 0.481. The molecule has 104 valence electrons. The van der Waals surface area contributed by atoms with Gasteiger partial charge in [-0.3, -0.25) is 0 Å². The third-order valence-electron chi connectivity index (χ3n) is 3.72. The molecule has 0 saturated carbocycles. The van der Waals surface area contributed by atoms with E-state index in [0.717, 1.165) is 23.6 Å². The van der Waals surface area contributed by atoms with E-state index in [1.165, 1.54) is 11.1 Å². The van der Waals surface area contributed by atoms with E-state index in [2.05, 4.69) is 36.5 Å². The monoisotopic (exact) mass is 274 g/mol. The minimum Gasteiger partial charge on any atom is -0.507 e. The highest BCUT2D eigenvalue weighted by molar-refractivity contribution is 5.87. The van der Waals surface area contributed by atoms with Crippen LogP contribution in [0.1, 0.15) is 12.8 Å². The van der Waals surface area contributed by atoms with Gasteiger partial charge >= 0.3 is 0 Å². The quantitative estimate of drug-likeness (QED) is 0.747. The zero-order chi connectivity index (χ0) is 14.5. The van der Waals surface area contributed by atoms with Gasteiger partial charge in [0.25, 0.3) is 0 Å². The summed E-state index contributed by atoms with van der Waals surface area (Å²) in [7, 11) is 0. The van der Waals surface area contributed by atoms with Crippen LogP contribution < -0.4 is 0 Å². The van der Waals surface area contributed by atoms with Crippen molar-refractivity contribution in [3.8, 4) is 5.75 Å². The normalized spacial score (nSPS) is 15.6. The minimum atomic E-state index is 0.350. The molecule has 2 aromatic carbocycles. The second-order valence-corrected chi connectivity index (χ2v) is 5.15. The van der Waals surface area contributed by atoms with Crippen molar-refractivity contribution in [3.05, 3.63) is 90.1 Å². The predicted octanol–water partition coefficient (Wildman–Crippen LogP) is 5.30. The van der Waals surface area contributed by atoms with Crippen LogP contribution in [0.4, 0.5) is 0 Å². The van der Waals surface area contributed by atoms with Gasteiger partial charge in [-0.2, -0.15) is 0 Å². The van der Waals surface area contributed by atoms with Crippen LogP contribution in [-0.2, 0) is 0 Å². The van der Waals surface area contributed by atoms with Gasteiger partial charge in [-0.1, -0.05) is 72.9 Å². The maximum Gasteiger partial charge on any atom is 0.123 e. The lowest BCUT2D eigenvalue weighted by atomic mass is 10.1. The van der Waals surface area contributed by atoms with Gasteiger partial charge in [-0.25, -0.2) is 0 Å². The van der Waals surface area contributed by atoms with Crippen molar-refractivity contribution in [1.82, 2.24) is 0 Å². The van der Waals surface area contributed by atoms with Crippen molar-refractivity contribution < 1.29 is 5.11 Å². The molecule has 0 aliphatic heterocycles. The van der Waals surface area contributed by atoms with Crippen molar-refractivity contribution in [2.75, 3.05) is 0 Å². The number of allylic oxidation sites excluding steroid dienone is 8. The first kappa shape index (κ1) is 13.4. The molecular formula is C20H18O. The van der Waals surface area contributed by atoms with Crippen LogP contribution in [0.25, 0.3) is 10.8 Å². The molecule has 1 heteroatoms. The van der Waals surface area contributed by atoms with Crippen LogP contribution >= 0.6 is 0 Å². The Morgan fingerprint density at radius 3 is 1.90 bits per heavy atom. The van der Waals surface area contributed by atoms with Crippen LogP contribution in [0.5, 0.6) is 5.75 Å². The molecule has 0 aromatic heterocycles. The van der Waals surface area contributed by atoms with E-state index in [1.54, 1.807) is 6.07 Å². The van der Waals surface area contributed by atoms with Gasteiger partial charge in [0.1, 0.15) is 5.75 Å². The van der Waals surface area contributed by atoms with Gasteiger partial charge in [0.15, 0.2) is 0 Å². The highest BCUT2D eigenvalue weighted by Gasteiger charge is 2.05. The van der Waals surface area contributed by atoms with Crippen LogP contribution in [0.15, 0.2) is 90.1 Å². The van der Waals surface area contributed by atoms with E-state index in [9.17, 15) is 5.11 Å². The van der Waals surface area contributed by atoms with Gasteiger partial charge in [0.2, 0.25) is 0 Å². The standard InChI is InChI=1S/C10H8O.C10H10/c11-10-7-3-5-8-4-1-2-6-9(8)10;1-2-6-9(5-1)10-7-3-4-8-10/h1-7,11H;1-5,7H,6,8H2. The molecule has 0 fully saturated rings. The molecule has 2 aliphatic rings. The zero-order valence-corrected chi connectivity index (χ0v) is 11.9. The molecule has 0 atom stereocenters. The fraction of sp³-hybridized carbons (Fsp3) is 0.100. The van der Waals surface area contributed by atoms with E-state index in [1.807, 2.05) is 36.4 Å². The van der Waals surface area contributed by atoms with E-state index in [-0.39, 0.29) is 0 Å². The summed E-state index contributed by atoms with van der Waals surface area (Å²) in [5.74, 6) is 0.350. The van der Waals surface area contributed by atoms with Crippen LogP contribution in [0.3, 0.4) is 0 Å². The molecule has 21 heavy (non-hydrogen) atoms. The average molecular weight is 274 g/mol. The van der Waals surface area contributed by atoms with Crippen LogP contribution in [0, 0.1) is 0 Å². The van der Waals surface area contributed by atoms with Gasteiger partial charge in [0, 0.05) is 5.39 Å². The fourth-order valence-corrected chi connectivity index (χ4v) is 2.58. The number of phenols is 1. The van der Waals surface area contributed by atoms with Crippen molar-refractivity contribution >= 4 is 10.8 Å². The summed E-state index contributed by atoms with van der Waals surface area (Å²) in [6, 6.07) is 13.3. The summed E-state index contributed by atoms with van der Waals surface area (Å²) in [4.78, 5) is 0. The zero-order valence-electron chi connectivity index (χ0n) is 11.9. The number of hydrogen-bond donors (Lipinski definition) is 1. The molecule has 0 heterocycles. The molecular weight excluding hydrogens is 256 g/mol. The summed E-state index contributed by atoms with van der Waals surface area (Å²) in [6.07, 6.45) is 15.4. The summed E-state index contributed by atoms with van der Waals surface area (Å²) < 4.78 is 0. The van der Waals surface area contributed by atoms with Gasteiger partial charge < -0.3 is 5.11 Å². The predicted molar refractivity (Wildman–Crippen MR) is 89.3 cm³/mol. The first-order valence-corrected chi connectivity index (χ1v) is 7.23. The largest absolute Gasteiger partial charge is 0.507 e. The van der Waals surface area contributed by atoms with E-state index in [4.69, 9.17) is 0 Å². The van der Waals surface area contributed by atoms with E-state index < -0.39 is 0 Å². The number of aromatic hydroxyl groups is 1. The van der Waals surface area contributed by atoms with Crippen molar-refractivity contribution in [3.63, 3.8) is 0 Å². The topological polar surface area (TPSA) is 20.2 Å². The number of benzene rings is 2. The third kappa shape index (κ3) is 3.14. The molecule has 0 amide bonds. The minimum absolute atomic E-state index is 0.350. The Labute approximate surface area is 125 Å². The van der Waals surface area contributed by atoms with Crippen molar-refractivity contribution in [2.24, 2.45) is 0 Å². The molecule has 4 rings (SSSR count). The first-order valence-electron chi connectivity index (χ1n) is 7.23. The third-order valence-corrected chi connectivity index (χ3v) is 3.72. The molecule has 1 nitrogen and oxygen atoms in total. The van der Waals surface area contributed by atoms with Crippen LogP contribution in [-0.4, -0.2) is 5.11 Å². The second kappa shape index (κ2) is 6.27. The number of fused-ring (bicyclic) bond motifs is 1. The number of hydrogen-bond acceptors (Lipinski definition) is 1. The van der Waals surface area contributed by atoms with Crippen molar-refractivity contribution in [1.29, 1.82) is 0 Å². The SMILES string of the molecule is C1=CCC(C2=CC=CC2)=C1.Oc1cccc2ccccc12. The van der Waals surface area contributed by atoms with Gasteiger partial charge in [0.05, 0.1) is 0 Å². The number of phenolic OH excluding ortho intramolecular Hbond substituents is 1. The van der Waals surface area contributed by atoms with Gasteiger partial charge in [-0.05, 0) is 35.4 Å². The average Bonchev–Trinajstić information content (AvgIpc) is 3.21.